The molecule has 0 unspecified atom stereocenters. The second-order valence-corrected chi connectivity index (χ2v) is 7.35. The molecule has 2 aromatic rings. The molecule has 2 aromatic carbocycles. The van der Waals surface area contributed by atoms with Crippen LogP contribution in [0.5, 0.6) is 11.5 Å². The molecule has 30 heavy (non-hydrogen) atoms. The zero-order valence-corrected chi connectivity index (χ0v) is 18.5. The molecule has 158 valence electrons. The minimum atomic E-state index is 0.0577. The van der Waals surface area contributed by atoms with Crippen LogP contribution in [0.25, 0.3) is 0 Å². The van der Waals surface area contributed by atoms with Gasteiger partial charge in [0.1, 0.15) is 11.5 Å². The summed E-state index contributed by atoms with van der Waals surface area (Å²) in [5.41, 5.74) is 6.18. The lowest BCUT2D eigenvalue weighted by Gasteiger charge is -2.09. The van der Waals surface area contributed by atoms with E-state index in [0.29, 0.717) is 44.5 Å². The van der Waals surface area contributed by atoms with Crippen LogP contribution in [0.4, 0.5) is 0 Å². The summed E-state index contributed by atoms with van der Waals surface area (Å²) in [4.78, 5) is 0. The van der Waals surface area contributed by atoms with Crippen molar-refractivity contribution in [2.75, 3.05) is 13.1 Å². The van der Waals surface area contributed by atoms with Crippen LogP contribution >= 0.6 is 47.6 Å². The maximum Gasteiger partial charge on any atom is 0.187 e. The summed E-state index contributed by atoms with van der Waals surface area (Å²) in [5.74, 6) is 0.115. The first-order chi connectivity index (χ1) is 14.3. The van der Waals surface area contributed by atoms with Crippen molar-refractivity contribution in [3.8, 4) is 11.5 Å². The summed E-state index contributed by atoms with van der Waals surface area (Å²) in [6.45, 7) is 0.925. The second kappa shape index (κ2) is 12.1. The zero-order valence-electron chi connectivity index (χ0n) is 15.4. The van der Waals surface area contributed by atoms with Crippen LogP contribution in [0, 0.1) is 0 Å². The van der Waals surface area contributed by atoms with Crippen molar-refractivity contribution in [3.63, 3.8) is 0 Å². The quantitative estimate of drug-likeness (QED) is 0.154. The van der Waals surface area contributed by atoms with E-state index >= 15 is 0 Å². The number of aromatic hydroxyl groups is 2. The van der Waals surface area contributed by atoms with E-state index in [9.17, 15) is 10.2 Å². The fourth-order valence-electron chi connectivity index (χ4n) is 2.01. The molecule has 0 aliphatic carbocycles. The predicted molar refractivity (Wildman–Crippen MR) is 129 cm³/mol. The molecule has 0 heterocycles. The Bertz CT molecular complexity index is 894. The van der Waals surface area contributed by atoms with Gasteiger partial charge < -0.3 is 20.8 Å². The molecule has 0 fully saturated rings. The fraction of sp³-hybridized carbons (Fsp3) is 0.111. The Balaban J connectivity index is 1.64. The summed E-state index contributed by atoms with van der Waals surface area (Å²) >= 11 is 21.9. The smallest absolute Gasteiger partial charge is 0.187 e. The first kappa shape index (κ1) is 23.6. The number of nitrogens with zero attached hydrogens (tertiary/aromatic N) is 2. The third-order valence-electron chi connectivity index (χ3n) is 3.41. The number of hydrazone groups is 2. The van der Waals surface area contributed by atoms with E-state index in [-0.39, 0.29) is 11.5 Å². The molecule has 6 N–H and O–H groups in total. The van der Waals surface area contributed by atoms with Crippen molar-refractivity contribution >= 4 is 70.3 Å². The largest absolute Gasteiger partial charge is 0.507 e. The maximum atomic E-state index is 9.70. The van der Waals surface area contributed by atoms with Crippen LogP contribution in [-0.2, 0) is 0 Å². The molecule has 0 saturated carbocycles. The molecule has 12 heteroatoms. The Morgan fingerprint density at radius 1 is 0.800 bits per heavy atom. The zero-order chi connectivity index (χ0) is 21.9. The van der Waals surface area contributed by atoms with E-state index in [1.54, 1.807) is 24.3 Å². The first-order valence-corrected chi connectivity index (χ1v) is 10.0. The van der Waals surface area contributed by atoms with E-state index in [0.717, 1.165) is 0 Å². The minimum absolute atomic E-state index is 0.0577. The van der Waals surface area contributed by atoms with Crippen LogP contribution in [0.15, 0.2) is 46.6 Å². The summed E-state index contributed by atoms with van der Waals surface area (Å²) in [6.07, 6.45) is 2.81. The van der Waals surface area contributed by atoms with Crippen LogP contribution < -0.4 is 21.5 Å². The fourth-order valence-corrected chi connectivity index (χ4v) is 2.68. The highest BCUT2D eigenvalue weighted by Crippen LogP contribution is 2.20. The Morgan fingerprint density at radius 3 is 1.60 bits per heavy atom. The molecular formula is C18H18Cl2N6O2S2. The molecule has 0 aliphatic heterocycles. The highest BCUT2D eigenvalue weighted by Gasteiger charge is 2.00. The molecule has 0 aromatic heterocycles. The standard InChI is InChI=1S/C18H18Cl2N6O2S2/c19-13-1-3-15(27)11(7-13)9-23-25-17(29)21-5-6-22-18(30)26-24-10-12-8-14(20)2-4-16(12)28/h1-4,7-10,27-28H,5-6H2,(H2,21,25,29)(H2,22,26,30)/b23-9+,24-10+. The van der Waals surface area contributed by atoms with Crippen molar-refractivity contribution in [3.05, 3.63) is 57.6 Å². The van der Waals surface area contributed by atoms with Gasteiger partial charge in [-0.1, -0.05) is 23.2 Å². The van der Waals surface area contributed by atoms with Gasteiger partial charge in [0, 0.05) is 34.3 Å². The second-order valence-electron chi connectivity index (χ2n) is 5.66. The van der Waals surface area contributed by atoms with Crippen LogP contribution in [-0.4, -0.2) is 46.0 Å². The van der Waals surface area contributed by atoms with Gasteiger partial charge in [0.15, 0.2) is 10.2 Å². The van der Waals surface area contributed by atoms with Crippen LogP contribution in [0.1, 0.15) is 11.1 Å². The molecule has 8 nitrogen and oxygen atoms in total. The molecule has 0 aliphatic rings. The lowest BCUT2D eigenvalue weighted by atomic mass is 10.2. The predicted octanol–water partition coefficient (Wildman–Crippen LogP) is 2.70. The molecule has 0 radical (unpaired) electrons. The number of phenols is 2. The molecule has 0 amide bonds. The Labute approximate surface area is 194 Å². The molecule has 0 saturated heterocycles. The summed E-state index contributed by atoms with van der Waals surface area (Å²) < 4.78 is 0. The lowest BCUT2D eigenvalue weighted by Crippen LogP contribution is -2.40. The van der Waals surface area contributed by atoms with Crippen molar-refractivity contribution in [1.29, 1.82) is 0 Å². The lowest BCUT2D eigenvalue weighted by molar-refractivity contribution is 0.474. The number of benzene rings is 2. The molecule has 0 spiro atoms. The Morgan fingerprint density at radius 2 is 1.20 bits per heavy atom. The molecule has 0 atom stereocenters. The van der Waals surface area contributed by atoms with Crippen LogP contribution in [0.3, 0.4) is 0 Å². The normalized spacial score (nSPS) is 10.9. The topological polar surface area (TPSA) is 113 Å². The van der Waals surface area contributed by atoms with Gasteiger partial charge in [-0.05, 0) is 60.8 Å². The van der Waals surface area contributed by atoms with Crippen molar-refractivity contribution in [2.24, 2.45) is 10.2 Å². The number of hydrogen-bond donors (Lipinski definition) is 6. The van der Waals surface area contributed by atoms with E-state index < -0.39 is 0 Å². The third-order valence-corrected chi connectivity index (χ3v) is 4.36. The molecular weight excluding hydrogens is 467 g/mol. The third kappa shape index (κ3) is 8.37. The van der Waals surface area contributed by atoms with Gasteiger partial charge in [-0.2, -0.15) is 10.2 Å². The van der Waals surface area contributed by atoms with Crippen molar-refractivity contribution in [2.45, 2.75) is 0 Å². The van der Waals surface area contributed by atoms with E-state index in [2.05, 4.69) is 31.7 Å². The van der Waals surface area contributed by atoms with Gasteiger partial charge in [0.05, 0.1) is 12.4 Å². The van der Waals surface area contributed by atoms with Gasteiger partial charge in [0.25, 0.3) is 0 Å². The van der Waals surface area contributed by atoms with Crippen molar-refractivity contribution < 1.29 is 10.2 Å². The van der Waals surface area contributed by atoms with Gasteiger partial charge in [-0.3, -0.25) is 10.9 Å². The first-order valence-electron chi connectivity index (χ1n) is 8.46. The number of phenolic OH excluding ortho intramolecular Hbond substituents is 2. The SMILES string of the molecule is Oc1ccc(Cl)cc1/C=N/NC(=S)NCCNC(=S)N/N=C/c1cc(Cl)ccc1O. The van der Waals surface area contributed by atoms with Gasteiger partial charge in [-0.15, -0.1) is 0 Å². The number of halogens is 2. The number of nitrogens with one attached hydrogen (secondary N) is 4. The number of thiocarbonyl (C=S) groups is 2. The highest BCUT2D eigenvalue weighted by molar-refractivity contribution is 7.80. The molecule has 2 rings (SSSR count). The number of hydrogen-bond acceptors (Lipinski definition) is 6. The molecule has 0 bridgehead atoms. The number of rotatable bonds is 7. The van der Waals surface area contributed by atoms with E-state index in [4.69, 9.17) is 47.6 Å². The minimum Gasteiger partial charge on any atom is -0.507 e. The maximum absolute atomic E-state index is 9.70. The monoisotopic (exact) mass is 484 g/mol. The summed E-state index contributed by atoms with van der Waals surface area (Å²) in [7, 11) is 0. The average molecular weight is 485 g/mol. The Kier molecular flexibility index (Phi) is 9.55. The highest BCUT2D eigenvalue weighted by atomic mass is 35.5. The Hall–Kier alpha value is -2.66. The van der Waals surface area contributed by atoms with Crippen molar-refractivity contribution in [1.82, 2.24) is 21.5 Å². The summed E-state index contributed by atoms with van der Waals surface area (Å²) in [5, 5.41) is 34.7. The van der Waals surface area contributed by atoms with E-state index in [1.807, 2.05) is 0 Å². The van der Waals surface area contributed by atoms with E-state index in [1.165, 1.54) is 24.6 Å². The van der Waals surface area contributed by atoms with Gasteiger partial charge >= 0.3 is 0 Å². The van der Waals surface area contributed by atoms with Crippen LogP contribution in [0.2, 0.25) is 10.0 Å². The summed E-state index contributed by atoms with van der Waals surface area (Å²) in [6, 6.07) is 9.26. The van der Waals surface area contributed by atoms with Gasteiger partial charge in [-0.25, -0.2) is 0 Å². The average Bonchev–Trinajstić information content (AvgIpc) is 2.70. The van der Waals surface area contributed by atoms with Gasteiger partial charge in [0.2, 0.25) is 0 Å².